The molecule has 5 rings (SSSR count). The maximum absolute atomic E-state index is 4.52. The average Bonchev–Trinajstić information content (AvgIpc) is 3.61. The Labute approximate surface area is 234 Å². The molecule has 2 aromatic heterocycles. The van der Waals surface area contributed by atoms with E-state index in [1.807, 2.05) is 0 Å². The molecule has 0 aliphatic carbocycles. The van der Waals surface area contributed by atoms with Crippen LogP contribution >= 0.6 is 22.7 Å². The molecule has 0 bridgehead atoms. The van der Waals surface area contributed by atoms with Crippen LogP contribution in [0.2, 0.25) is 0 Å². The molecule has 6 heteroatoms. The Morgan fingerprint density at radius 1 is 0.474 bits per heavy atom. The highest BCUT2D eigenvalue weighted by Crippen LogP contribution is 2.33. The van der Waals surface area contributed by atoms with Crippen LogP contribution in [-0.2, 0) is 12.8 Å². The summed E-state index contributed by atoms with van der Waals surface area (Å²) in [6.07, 6.45) is 14.9. The van der Waals surface area contributed by atoms with Gasteiger partial charge in [-0.05, 0) is 58.7 Å². The number of rotatable bonds is 14. The molecular weight excluding hydrogens is 505 g/mol. The molecule has 0 radical (unpaired) electrons. The van der Waals surface area contributed by atoms with E-state index in [1.54, 1.807) is 22.7 Å². The van der Waals surface area contributed by atoms with E-state index in [9.17, 15) is 0 Å². The Morgan fingerprint density at radius 2 is 0.921 bits per heavy atom. The topological polar surface area (TPSA) is 51.6 Å². The predicted octanol–water partition coefficient (Wildman–Crippen LogP) is 10.1. The van der Waals surface area contributed by atoms with Gasteiger partial charge in [-0.1, -0.05) is 112 Å². The fourth-order valence-corrected chi connectivity index (χ4v) is 6.72. The van der Waals surface area contributed by atoms with Gasteiger partial charge in [0.1, 0.15) is 20.0 Å². The molecule has 4 nitrogen and oxygen atoms in total. The first-order valence-electron chi connectivity index (χ1n) is 14.4. The van der Waals surface area contributed by atoms with Crippen LogP contribution in [0, 0.1) is 0 Å². The van der Waals surface area contributed by atoms with Crippen LogP contribution in [0.25, 0.3) is 42.7 Å². The third kappa shape index (κ3) is 6.83. The van der Waals surface area contributed by atoms with Crippen molar-refractivity contribution in [2.75, 3.05) is 0 Å². The lowest BCUT2D eigenvalue weighted by Gasteiger charge is -2.06. The molecule has 5 aromatic rings. The summed E-state index contributed by atoms with van der Waals surface area (Å²) in [7, 11) is 0. The van der Waals surface area contributed by atoms with Crippen molar-refractivity contribution in [3.05, 3.63) is 58.5 Å². The number of nitrogens with zero attached hydrogens (tertiary/aromatic N) is 4. The van der Waals surface area contributed by atoms with Crippen molar-refractivity contribution >= 4 is 44.2 Å². The molecule has 0 fully saturated rings. The van der Waals surface area contributed by atoms with E-state index in [2.05, 4.69) is 82.8 Å². The van der Waals surface area contributed by atoms with Gasteiger partial charge in [0.25, 0.3) is 0 Å². The number of hydrogen-bond acceptors (Lipinski definition) is 6. The third-order valence-corrected chi connectivity index (χ3v) is 9.28. The molecule has 0 unspecified atom stereocenters. The van der Waals surface area contributed by atoms with Crippen LogP contribution in [0.4, 0.5) is 0 Å². The van der Waals surface area contributed by atoms with Gasteiger partial charge >= 0.3 is 0 Å². The monoisotopic (exact) mass is 542 g/mol. The van der Waals surface area contributed by atoms with Crippen LogP contribution in [0.5, 0.6) is 0 Å². The van der Waals surface area contributed by atoms with Gasteiger partial charge in [0.15, 0.2) is 0 Å². The molecule has 0 amide bonds. The van der Waals surface area contributed by atoms with Gasteiger partial charge in [0.2, 0.25) is 0 Å². The van der Waals surface area contributed by atoms with Gasteiger partial charge in [-0.15, -0.1) is 20.4 Å². The molecule has 3 aromatic carbocycles. The molecule has 38 heavy (non-hydrogen) atoms. The summed E-state index contributed by atoms with van der Waals surface area (Å²) in [5.74, 6) is 0. The number of aromatic nitrogens is 4. The molecule has 0 aliphatic heterocycles. The summed E-state index contributed by atoms with van der Waals surface area (Å²) in [4.78, 5) is 0. The highest BCUT2D eigenvalue weighted by Gasteiger charge is 2.11. The van der Waals surface area contributed by atoms with Gasteiger partial charge in [-0.3, -0.25) is 0 Å². The molecule has 0 saturated carbocycles. The standard InChI is InChI=1S/C32H38N4S2/c1-3-5-7-9-11-13-29-33-35-31(37-29)25-17-15-23-19-24-16-18-26(21-28(24)22-27(23)20-25)32-36-34-30(38-32)14-12-10-8-6-4-2/h15-22H,3-14H2,1-2H3. The van der Waals surface area contributed by atoms with Crippen LogP contribution in [-0.4, -0.2) is 20.4 Å². The van der Waals surface area contributed by atoms with Gasteiger partial charge in [0.05, 0.1) is 0 Å². The van der Waals surface area contributed by atoms with E-state index in [4.69, 9.17) is 0 Å². The summed E-state index contributed by atoms with van der Waals surface area (Å²) >= 11 is 3.47. The fraction of sp³-hybridized carbons (Fsp3) is 0.438. The van der Waals surface area contributed by atoms with Crippen molar-refractivity contribution in [3.63, 3.8) is 0 Å². The number of aryl methyl sites for hydroxylation is 2. The van der Waals surface area contributed by atoms with Crippen molar-refractivity contribution in [3.8, 4) is 21.1 Å². The lowest BCUT2D eigenvalue weighted by Crippen LogP contribution is -1.85. The zero-order valence-electron chi connectivity index (χ0n) is 22.7. The zero-order valence-corrected chi connectivity index (χ0v) is 24.3. The molecule has 198 valence electrons. The molecule has 2 heterocycles. The number of unbranched alkanes of at least 4 members (excludes halogenated alkanes) is 8. The third-order valence-electron chi connectivity index (χ3n) is 7.21. The van der Waals surface area contributed by atoms with Crippen molar-refractivity contribution in [1.29, 1.82) is 0 Å². The minimum atomic E-state index is 1.01. The van der Waals surface area contributed by atoms with Gasteiger partial charge < -0.3 is 0 Å². The second-order valence-electron chi connectivity index (χ2n) is 10.3. The lowest BCUT2D eigenvalue weighted by atomic mass is 10.0. The van der Waals surface area contributed by atoms with E-state index in [-0.39, 0.29) is 0 Å². The zero-order chi connectivity index (χ0) is 26.2. The fourth-order valence-electron chi connectivity index (χ4n) is 4.97. The summed E-state index contributed by atoms with van der Waals surface area (Å²) in [5.41, 5.74) is 2.30. The highest BCUT2D eigenvalue weighted by atomic mass is 32.1. The number of hydrogen-bond donors (Lipinski definition) is 0. The van der Waals surface area contributed by atoms with Crippen LogP contribution in [0.15, 0.2) is 48.5 Å². The minimum Gasteiger partial charge on any atom is -0.143 e. The van der Waals surface area contributed by atoms with E-state index in [1.165, 1.54) is 85.8 Å². The van der Waals surface area contributed by atoms with E-state index < -0.39 is 0 Å². The van der Waals surface area contributed by atoms with Gasteiger partial charge in [-0.2, -0.15) is 0 Å². The highest BCUT2D eigenvalue weighted by molar-refractivity contribution is 7.15. The Bertz CT molecular complexity index is 1360. The Balaban J connectivity index is 1.30. The Morgan fingerprint density at radius 3 is 1.39 bits per heavy atom. The first-order chi connectivity index (χ1) is 18.7. The summed E-state index contributed by atoms with van der Waals surface area (Å²) in [6.45, 7) is 4.51. The maximum Gasteiger partial charge on any atom is 0.147 e. The largest absolute Gasteiger partial charge is 0.147 e. The van der Waals surface area contributed by atoms with Crippen molar-refractivity contribution in [2.45, 2.75) is 90.9 Å². The van der Waals surface area contributed by atoms with Crippen molar-refractivity contribution < 1.29 is 0 Å². The first kappa shape index (κ1) is 26.9. The van der Waals surface area contributed by atoms with Crippen LogP contribution in [0.3, 0.4) is 0 Å². The number of fused-ring (bicyclic) bond motifs is 2. The molecule has 0 N–H and O–H groups in total. The second kappa shape index (κ2) is 13.4. The lowest BCUT2D eigenvalue weighted by molar-refractivity contribution is 0.630. The summed E-state index contributed by atoms with van der Waals surface area (Å²) in [6, 6.07) is 17.9. The minimum absolute atomic E-state index is 1.01. The van der Waals surface area contributed by atoms with E-state index in [0.717, 1.165) is 44.0 Å². The summed E-state index contributed by atoms with van der Waals surface area (Å²) < 4.78 is 0. The smallest absolute Gasteiger partial charge is 0.143 e. The molecule has 0 atom stereocenters. The van der Waals surface area contributed by atoms with Crippen LogP contribution < -0.4 is 0 Å². The first-order valence-corrected chi connectivity index (χ1v) is 16.0. The van der Waals surface area contributed by atoms with Gasteiger partial charge in [-0.25, -0.2) is 0 Å². The number of benzene rings is 3. The average molecular weight is 543 g/mol. The van der Waals surface area contributed by atoms with E-state index in [0.29, 0.717) is 0 Å². The predicted molar refractivity (Wildman–Crippen MR) is 164 cm³/mol. The molecule has 0 saturated heterocycles. The van der Waals surface area contributed by atoms with Crippen LogP contribution in [0.1, 0.15) is 88.1 Å². The van der Waals surface area contributed by atoms with Crippen molar-refractivity contribution in [1.82, 2.24) is 20.4 Å². The molecular formula is C32H38N4S2. The maximum atomic E-state index is 4.52. The van der Waals surface area contributed by atoms with Gasteiger partial charge in [0, 0.05) is 24.0 Å². The van der Waals surface area contributed by atoms with Crippen molar-refractivity contribution in [2.24, 2.45) is 0 Å². The summed E-state index contributed by atoms with van der Waals surface area (Å²) in [5, 5.41) is 27.3. The normalized spacial score (nSPS) is 11.6. The van der Waals surface area contributed by atoms with E-state index >= 15 is 0 Å². The Hall–Kier alpha value is -2.70. The molecule has 0 spiro atoms. The SMILES string of the molecule is CCCCCCCc1nnc(-c2ccc3cc4ccc(-c5nnc(CCCCCCC)s5)cc4cc3c2)s1. The second-order valence-corrected chi connectivity index (χ2v) is 12.4. The quantitative estimate of drug-likeness (QED) is 0.103. The molecule has 0 aliphatic rings. The Kier molecular flexibility index (Phi) is 9.47.